The van der Waals surface area contributed by atoms with Crippen LogP contribution in [0.1, 0.15) is 17.3 Å². The zero-order chi connectivity index (χ0) is 15.8. The number of rotatable bonds is 7. The Labute approximate surface area is 122 Å². The molecule has 0 radical (unpaired) electrons. The van der Waals surface area contributed by atoms with E-state index in [-0.39, 0.29) is 11.3 Å². The molecule has 0 unspecified atom stereocenters. The molecule has 0 saturated carbocycles. The van der Waals surface area contributed by atoms with E-state index < -0.39 is 18.0 Å². The van der Waals surface area contributed by atoms with Crippen molar-refractivity contribution in [1.29, 1.82) is 0 Å². The van der Waals surface area contributed by atoms with Crippen molar-refractivity contribution < 1.29 is 28.9 Å². The number of benzene rings is 1. The summed E-state index contributed by atoms with van der Waals surface area (Å²) in [5.74, 6) is -1.08. The van der Waals surface area contributed by atoms with Gasteiger partial charge in [-0.05, 0) is 19.1 Å². The zero-order valence-electron chi connectivity index (χ0n) is 12.2. The molecule has 21 heavy (non-hydrogen) atoms. The molecule has 0 aromatic heterocycles. The first-order chi connectivity index (χ1) is 9.99. The highest BCUT2D eigenvalue weighted by Gasteiger charge is 2.20. The number of hydrogen-bond acceptors (Lipinski definition) is 6. The third-order valence-corrected chi connectivity index (χ3v) is 2.68. The number of phenols is 1. The topological polar surface area (TPSA) is 94.1 Å². The number of phenolic OH excluding ortho intramolecular Hbond substituents is 1. The van der Waals surface area contributed by atoms with E-state index in [4.69, 9.17) is 14.2 Å². The van der Waals surface area contributed by atoms with Gasteiger partial charge in [-0.2, -0.15) is 0 Å². The minimum absolute atomic E-state index is 0.0349. The minimum Gasteiger partial charge on any atom is -0.507 e. The number of amides is 1. The van der Waals surface area contributed by atoms with E-state index in [0.717, 1.165) is 0 Å². The summed E-state index contributed by atoms with van der Waals surface area (Å²) in [6.45, 7) is 2.14. The summed E-state index contributed by atoms with van der Waals surface area (Å²) < 4.78 is 14.7. The quantitative estimate of drug-likeness (QED) is 0.568. The second kappa shape index (κ2) is 8.11. The number of ether oxygens (including phenoxy) is 3. The van der Waals surface area contributed by atoms with Crippen LogP contribution in [0.5, 0.6) is 11.5 Å². The Kier molecular flexibility index (Phi) is 6.48. The van der Waals surface area contributed by atoms with E-state index in [9.17, 15) is 14.7 Å². The lowest BCUT2D eigenvalue weighted by molar-refractivity contribution is -0.129. The number of methoxy groups -OCH3 is 2. The number of aromatic hydroxyl groups is 1. The number of carbonyl (C=O) groups is 2. The van der Waals surface area contributed by atoms with Gasteiger partial charge in [0.05, 0.1) is 13.7 Å². The largest absolute Gasteiger partial charge is 0.507 e. The van der Waals surface area contributed by atoms with Crippen LogP contribution in [0, 0.1) is 0 Å². The Morgan fingerprint density at radius 1 is 1.33 bits per heavy atom. The first-order valence-electron chi connectivity index (χ1n) is 6.34. The molecule has 0 aliphatic heterocycles. The monoisotopic (exact) mass is 297 g/mol. The van der Waals surface area contributed by atoms with Crippen LogP contribution in [0.3, 0.4) is 0 Å². The van der Waals surface area contributed by atoms with E-state index in [0.29, 0.717) is 18.9 Å². The van der Waals surface area contributed by atoms with Gasteiger partial charge in [-0.15, -0.1) is 0 Å². The molecule has 0 spiro atoms. The van der Waals surface area contributed by atoms with E-state index >= 15 is 0 Å². The van der Waals surface area contributed by atoms with Crippen molar-refractivity contribution in [2.24, 2.45) is 0 Å². The standard InChI is InChI=1S/C14H19NO6/c1-9(13(17)15-6-7-19-2)21-14(18)11-5-4-10(20-3)8-12(11)16/h4-5,8-9,16H,6-7H2,1-3H3,(H,15,17)/t9-/m1/s1. The van der Waals surface area contributed by atoms with Crippen molar-refractivity contribution in [2.75, 3.05) is 27.4 Å². The lowest BCUT2D eigenvalue weighted by atomic mass is 10.2. The van der Waals surface area contributed by atoms with E-state index in [1.165, 1.54) is 39.3 Å². The van der Waals surface area contributed by atoms with Gasteiger partial charge in [0.1, 0.15) is 17.1 Å². The molecule has 0 bridgehead atoms. The van der Waals surface area contributed by atoms with Gasteiger partial charge in [0.25, 0.3) is 5.91 Å². The van der Waals surface area contributed by atoms with Gasteiger partial charge in [-0.3, -0.25) is 4.79 Å². The summed E-state index contributed by atoms with van der Waals surface area (Å²) in [6.07, 6.45) is -0.976. The first-order valence-corrected chi connectivity index (χ1v) is 6.34. The SMILES string of the molecule is COCCNC(=O)[C@@H](C)OC(=O)c1ccc(OC)cc1O. The Morgan fingerprint density at radius 2 is 2.05 bits per heavy atom. The molecule has 0 heterocycles. The number of carbonyl (C=O) groups excluding carboxylic acids is 2. The van der Waals surface area contributed by atoms with Crippen LogP contribution in [-0.2, 0) is 14.3 Å². The number of nitrogens with one attached hydrogen (secondary N) is 1. The highest BCUT2D eigenvalue weighted by atomic mass is 16.5. The van der Waals surface area contributed by atoms with Gasteiger partial charge >= 0.3 is 5.97 Å². The van der Waals surface area contributed by atoms with E-state index in [1.54, 1.807) is 0 Å². The lowest BCUT2D eigenvalue weighted by Crippen LogP contribution is -2.37. The highest BCUT2D eigenvalue weighted by molar-refractivity contribution is 5.94. The van der Waals surface area contributed by atoms with Gasteiger partial charge < -0.3 is 24.6 Å². The number of hydrogen-bond donors (Lipinski definition) is 2. The van der Waals surface area contributed by atoms with Gasteiger partial charge in [0, 0.05) is 19.7 Å². The molecule has 7 nitrogen and oxygen atoms in total. The van der Waals surface area contributed by atoms with E-state index in [2.05, 4.69) is 5.32 Å². The van der Waals surface area contributed by atoms with Gasteiger partial charge in [-0.25, -0.2) is 4.79 Å². The van der Waals surface area contributed by atoms with Crippen molar-refractivity contribution in [2.45, 2.75) is 13.0 Å². The molecule has 0 aliphatic rings. The van der Waals surface area contributed by atoms with E-state index in [1.807, 2.05) is 0 Å². The maximum absolute atomic E-state index is 11.9. The molecule has 2 N–H and O–H groups in total. The molecule has 116 valence electrons. The fraction of sp³-hybridized carbons (Fsp3) is 0.429. The average Bonchev–Trinajstić information content (AvgIpc) is 2.46. The molecule has 1 aromatic rings. The van der Waals surface area contributed by atoms with Crippen LogP contribution in [0.15, 0.2) is 18.2 Å². The van der Waals surface area contributed by atoms with Gasteiger partial charge in [0.2, 0.25) is 0 Å². The smallest absolute Gasteiger partial charge is 0.342 e. The van der Waals surface area contributed by atoms with Crippen LogP contribution < -0.4 is 10.1 Å². The molecule has 1 rings (SSSR count). The Morgan fingerprint density at radius 3 is 2.62 bits per heavy atom. The first kappa shape index (κ1) is 16.8. The second-order valence-electron chi connectivity index (χ2n) is 4.21. The predicted octanol–water partition coefficient (Wildman–Crippen LogP) is 0.709. The fourth-order valence-corrected chi connectivity index (χ4v) is 1.51. The van der Waals surface area contributed by atoms with Crippen molar-refractivity contribution in [3.8, 4) is 11.5 Å². The molecule has 7 heteroatoms. The third kappa shape index (κ3) is 4.96. The summed E-state index contributed by atoms with van der Waals surface area (Å²) in [7, 11) is 2.96. The molecule has 1 amide bonds. The van der Waals surface area contributed by atoms with Gasteiger partial charge in [0.15, 0.2) is 6.10 Å². The van der Waals surface area contributed by atoms with Crippen molar-refractivity contribution in [1.82, 2.24) is 5.32 Å². The molecule has 0 fully saturated rings. The lowest BCUT2D eigenvalue weighted by Gasteiger charge is -2.14. The third-order valence-electron chi connectivity index (χ3n) is 2.68. The summed E-state index contributed by atoms with van der Waals surface area (Å²) in [4.78, 5) is 23.5. The van der Waals surface area contributed by atoms with Crippen LogP contribution >= 0.6 is 0 Å². The Bertz CT molecular complexity index is 502. The van der Waals surface area contributed by atoms with Crippen LogP contribution in [0.2, 0.25) is 0 Å². The normalized spacial score (nSPS) is 11.6. The maximum atomic E-state index is 11.9. The van der Waals surface area contributed by atoms with Crippen molar-refractivity contribution >= 4 is 11.9 Å². The molecule has 0 saturated heterocycles. The van der Waals surface area contributed by atoms with Crippen LogP contribution in [0.4, 0.5) is 0 Å². The minimum atomic E-state index is -0.976. The predicted molar refractivity (Wildman–Crippen MR) is 74.4 cm³/mol. The van der Waals surface area contributed by atoms with Crippen LogP contribution in [-0.4, -0.2) is 50.5 Å². The van der Waals surface area contributed by atoms with Crippen LogP contribution in [0.25, 0.3) is 0 Å². The zero-order valence-corrected chi connectivity index (χ0v) is 12.2. The molecular formula is C14H19NO6. The number of esters is 1. The fourth-order valence-electron chi connectivity index (χ4n) is 1.51. The maximum Gasteiger partial charge on any atom is 0.342 e. The summed E-state index contributed by atoms with van der Waals surface area (Å²) in [6, 6.07) is 4.17. The summed E-state index contributed by atoms with van der Waals surface area (Å²) in [5, 5.41) is 12.3. The molecule has 1 atom stereocenters. The van der Waals surface area contributed by atoms with Crippen molar-refractivity contribution in [3.63, 3.8) is 0 Å². The Hall–Kier alpha value is -2.28. The Balaban J connectivity index is 2.62. The average molecular weight is 297 g/mol. The van der Waals surface area contributed by atoms with Gasteiger partial charge in [-0.1, -0.05) is 0 Å². The molecular weight excluding hydrogens is 278 g/mol. The van der Waals surface area contributed by atoms with Crippen molar-refractivity contribution in [3.05, 3.63) is 23.8 Å². The molecule has 1 aromatic carbocycles. The highest BCUT2D eigenvalue weighted by Crippen LogP contribution is 2.24. The summed E-state index contributed by atoms with van der Waals surface area (Å²) >= 11 is 0. The summed E-state index contributed by atoms with van der Waals surface area (Å²) in [5.41, 5.74) is -0.0349. The second-order valence-corrected chi connectivity index (χ2v) is 4.21. The molecule has 0 aliphatic carbocycles.